The third-order valence-corrected chi connectivity index (χ3v) is 8.81. The van der Waals surface area contributed by atoms with Crippen molar-refractivity contribution in [1.29, 1.82) is 0 Å². The Balaban J connectivity index is 1.58. The summed E-state index contributed by atoms with van der Waals surface area (Å²) < 4.78 is 20.1. The number of hydrogen-bond donors (Lipinski definition) is 2. The molecule has 3 aliphatic heterocycles. The van der Waals surface area contributed by atoms with Gasteiger partial charge >= 0.3 is 12.0 Å². The number of nitrogens with one attached hydrogen (secondary N) is 1. The normalized spacial score (nSPS) is 23.0. The van der Waals surface area contributed by atoms with E-state index >= 15 is 0 Å². The molecule has 0 unspecified atom stereocenters. The Labute approximate surface area is 252 Å². The molecule has 3 atom stereocenters. The number of rotatable bonds is 7. The summed E-state index contributed by atoms with van der Waals surface area (Å²) in [5.41, 5.74) is 6.34. The van der Waals surface area contributed by atoms with Gasteiger partial charge in [0.05, 0.1) is 23.2 Å². The number of carbonyl (C=O) groups is 3. The van der Waals surface area contributed by atoms with Crippen molar-refractivity contribution >= 4 is 46.7 Å². The number of aromatic nitrogens is 1. The van der Waals surface area contributed by atoms with Gasteiger partial charge in [-0.15, -0.1) is 11.3 Å². The van der Waals surface area contributed by atoms with Crippen LogP contribution in [0.5, 0.6) is 0 Å². The Morgan fingerprint density at radius 2 is 2.05 bits per heavy atom. The monoisotopic (exact) mass is 617 g/mol. The van der Waals surface area contributed by atoms with E-state index in [1.165, 1.54) is 23.5 Å². The number of fused-ring (bicyclic) bond motifs is 1. The van der Waals surface area contributed by atoms with E-state index in [1.807, 2.05) is 25.7 Å². The van der Waals surface area contributed by atoms with E-state index in [0.29, 0.717) is 36.2 Å². The summed E-state index contributed by atoms with van der Waals surface area (Å²) in [5.74, 6) is -1.53. The van der Waals surface area contributed by atoms with Crippen LogP contribution in [0.25, 0.3) is 0 Å². The number of aliphatic imine (C=N–C) groups is 1. The van der Waals surface area contributed by atoms with Gasteiger partial charge in [-0.2, -0.15) is 0 Å². The molecular weight excluding hydrogens is 585 g/mol. The van der Waals surface area contributed by atoms with Crippen LogP contribution in [0.15, 0.2) is 46.0 Å². The first-order valence-electron chi connectivity index (χ1n) is 13.6. The van der Waals surface area contributed by atoms with Crippen molar-refractivity contribution in [2.45, 2.75) is 51.4 Å². The van der Waals surface area contributed by atoms with Crippen molar-refractivity contribution < 1.29 is 23.5 Å². The molecule has 2 saturated heterocycles. The second-order valence-electron chi connectivity index (χ2n) is 11.2. The number of esters is 1. The predicted molar refractivity (Wildman–Crippen MR) is 157 cm³/mol. The van der Waals surface area contributed by atoms with Gasteiger partial charge in [0, 0.05) is 54.6 Å². The summed E-state index contributed by atoms with van der Waals surface area (Å²) in [4.78, 5) is 54.1. The molecule has 3 aliphatic rings. The number of nitrogens with two attached hydrogens (primary N) is 1. The van der Waals surface area contributed by atoms with Gasteiger partial charge in [-0.3, -0.25) is 14.7 Å². The average molecular weight is 618 g/mol. The fourth-order valence-electron chi connectivity index (χ4n) is 5.70. The number of ether oxygens (including phenoxy) is 1. The number of primary amides is 1. The highest BCUT2D eigenvalue weighted by Crippen LogP contribution is 2.38. The third kappa shape index (κ3) is 5.48. The van der Waals surface area contributed by atoms with Crippen molar-refractivity contribution in [2.24, 2.45) is 10.7 Å². The van der Waals surface area contributed by atoms with Crippen molar-refractivity contribution in [3.8, 4) is 0 Å². The molecule has 0 aliphatic carbocycles. The van der Waals surface area contributed by atoms with Gasteiger partial charge in [0.15, 0.2) is 10.8 Å². The first-order valence-corrected chi connectivity index (χ1v) is 14.9. The van der Waals surface area contributed by atoms with Crippen LogP contribution in [0.1, 0.15) is 44.3 Å². The molecule has 42 heavy (non-hydrogen) atoms. The molecule has 3 N–H and O–H groups in total. The van der Waals surface area contributed by atoms with E-state index in [-0.39, 0.29) is 35.3 Å². The third-order valence-electron chi connectivity index (χ3n) is 7.63. The first kappa shape index (κ1) is 29.9. The highest BCUT2D eigenvalue weighted by atomic mass is 35.5. The standard InChI is InChI=1S/C28H33ClFN7O4S/c1-5-41-26(39)19-17(13-35-10-11-36-18(22(35)23(31)38)14-37(27(36)40)28(2,3)4)33-24(25-32-9-12-42-25)34-21(19)15-7-6-8-16(30)20(15)29/h6-9,12,18,21-22H,5,10-11,13-14H2,1-4H3,(H2,31,38)(H,33,34)/t18-,21-,22+/m0/s1. The topological polar surface area (TPSA) is 133 Å². The first-order chi connectivity index (χ1) is 19.9. The van der Waals surface area contributed by atoms with E-state index in [2.05, 4.69) is 10.3 Å². The van der Waals surface area contributed by atoms with Crippen LogP contribution in [0.3, 0.4) is 0 Å². The van der Waals surface area contributed by atoms with E-state index in [1.54, 1.807) is 34.4 Å². The molecule has 3 amide bonds. The van der Waals surface area contributed by atoms with E-state index < -0.39 is 41.4 Å². The van der Waals surface area contributed by atoms with Gasteiger partial charge in [-0.25, -0.2) is 19.0 Å². The SMILES string of the molecule is CCOC(=O)C1=C(CN2CCN3C(=O)N(C(C)(C)C)C[C@H]3[C@@H]2C(N)=O)NC(c2nccs2)=N[C@H]1c1cccc(F)c1Cl. The van der Waals surface area contributed by atoms with Crippen molar-refractivity contribution in [1.82, 2.24) is 25.0 Å². The van der Waals surface area contributed by atoms with Gasteiger partial charge in [0.1, 0.15) is 17.9 Å². The molecule has 2 aromatic rings. The van der Waals surface area contributed by atoms with Crippen LogP contribution in [0, 0.1) is 5.82 Å². The van der Waals surface area contributed by atoms with Gasteiger partial charge in [-0.1, -0.05) is 23.7 Å². The van der Waals surface area contributed by atoms with Crippen molar-refractivity contribution in [3.63, 3.8) is 0 Å². The summed E-state index contributed by atoms with van der Waals surface area (Å²) in [6.07, 6.45) is 1.62. The van der Waals surface area contributed by atoms with Gasteiger partial charge in [0.2, 0.25) is 5.91 Å². The Kier molecular flexibility index (Phi) is 8.28. The van der Waals surface area contributed by atoms with Crippen LogP contribution in [-0.2, 0) is 14.3 Å². The minimum Gasteiger partial charge on any atom is -0.463 e. The molecule has 5 rings (SSSR count). The average Bonchev–Trinajstić information content (AvgIpc) is 3.58. The van der Waals surface area contributed by atoms with Crippen molar-refractivity contribution in [3.05, 3.63) is 62.5 Å². The number of carbonyl (C=O) groups excluding carboxylic acids is 3. The lowest BCUT2D eigenvalue weighted by Gasteiger charge is -2.43. The summed E-state index contributed by atoms with van der Waals surface area (Å²) in [7, 11) is 0. The molecule has 0 spiro atoms. The van der Waals surface area contributed by atoms with Gasteiger partial charge < -0.3 is 25.6 Å². The summed E-state index contributed by atoms with van der Waals surface area (Å²) in [6, 6.07) is 1.88. The maximum Gasteiger partial charge on any atom is 0.338 e. The Morgan fingerprint density at radius 3 is 2.69 bits per heavy atom. The molecule has 224 valence electrons. The number of amides is 3. The smallest absolute Gasteiger partial charge is 0.338 e. The minimum atomic E-state index is -1.01. The van der Waals surface area contributed by atoms with Crippen molar-refractivity contribution in [2.75, 3.05) is 32.8 Å². The van der Waals surface area contributed by atoms with Crippen LogP contribution >= 0.6 is 22.9 Å². The lowest BCUT2D eigenvalue weighted by molar-refractivity contribution is -0.139. The molecule has 1 aromatic carbocycles. The molecule has 0 radical (unpaired) electrons. The molecule has 0 bridgehead atoms. The molecule has 14 heteroatoms. The number of benzene rings is 1. The summed E-state index contributed by atoms with van der Waals surface area (Å²) in [6.45, 7) is 8.71. The zero-order valence-corrected chi connectivity index (χ0v) is 25.3. The Morgan fingerprint density at radius 1 is 1.29 bits per heavy atom. The second kappa shape index (κ2) is 11.6. The number of piperazine rings is 1. The Bertz CT molecular complexity index is 1460. The van der Waals surface area contributed by atoms with Crippen LogP contribution in [0.4, 0.5) is 9.18 Å². The highest BCUT2D eigenvalue weighted by molar-refractivity contribution is 7.11. The summed E-state index contributed by atoms with van der Waals surface area (Å²) in [5, 5.41) is 5.41. The van der Waals surface area contributed by atoms with Gasteiger partial charge in [-0.05, 0) is 33.8 Å². The maximum absolute atomic E-state index is 14.6. The second-order valence-corrected chi connectivity index (χ2v) is 12.5. The number of amidine groups is 1. The minimum absolute atomic E-state index is 0.0730. The van der Waals surface area contributed by atoms with E-state index in [0.717, 1.165) is 0 Å². The molecule has 4 heterocycles. The lowest BCUT2D eigenvalue weighted by atomic mass is 9.94. The zero-order valence-electron chi connectivity index (χ0n) is 23.8. The zero-order chi connectivity index (χ0) is 30.3. The number of halogens is 2. The van der Waals surface area contributed by atoms with Gasteiger partial charge in [0.25, 0.3) is 0 Å². The quantitative estimate of drug-likeness (QED) is 0.457. The van der Waals surface area contributed by atoms with Crippen LogP contribution < -0.4 is 11.1 Å². The molecule has 1 aromatic heterocycles. The van der Waals surface area contributed by atoms with Crippen LogP contribution in [0.2, 0.25) is 5.02 Å². The molecule has 11 nitrogen and oxygen atoms in total. The summed E-state index contributed by atoms with van der Waals surface area (Å²) >= 11 is 7.74. The Hall–Kier alpha value is -3.55. The molecule has 0 saturated carbocycles. The van der Waals surface area contributed by atoms with E-state index in [4.69, 9.17) is 27.1 Å². The molecule has 2 fully saturated rings. The molecular formula is C28H33ClFN7O4S. The highest BCUT2D eigenvalue weighted by Gasteiger charge is 2.51. The number of hydrogen-bond acceptors (Lipinski definition) is 9. The fourth-order valence-corrected chi connectivity index (χ4v) is 6.51. The predicted octanol–water partition coefficient (Wildman–Crippen LogP) is 2.92. The number of thiazole rings is 1. The number of urea groups is 1. The fraction of sp³-hybridized carbons (Fsp3) is 0.464. The number of nitrogens with zero attached hydrogens (tertiary/aromatic N) is 5. The van der Waals surface area contributed by atoms with Crippen LogP contribution in [-0.4, -0.2) is 93.8 Å². The lowest BCUT2D eigenvalue weighted by Crippen LogP contribution is -2.64. The largest absolute Gasteiger partial charge is 0.463 e. The maximum atomic E-state index is 14.6. The van der Waals surface area contributed by atoms with E-state index in [9.17, 15) is 18.8 Å².